The minimum Gasteiger partial charge on any atom is -0.497 e. The molecule has 2 rings (SSSR count). The fourth-order valence-corrected chi connectivity index (χ4v) is 3.69. The summed E-state index contributed by atoms with van der Waals surface area (Å²) in [5.41, 5.74) is 1.40. The van der Waals surface area contributed by atoms with Crippen LogP contribution >= 0.6 is 24.0 Å². The Morgan fingerprint density at radius 1 is 0.941 bits per heavy atom. The standard InChI is InChI=1S/C14H14IO.HI/c1-16-14-9-7-12(8-10-14)11-15-13-5-3-2-4-6-13;/h2-10H,11H2,1H3;1H/q+1;. The number of methoxy groups -OCH3 is 1. The van der Waals surface area contributed by atoms with E-state index in [1.165, 1.54) is 13.6 Å². The molecule has 0 aliphatic carbocycles. The molecule has 0 aromatic heterocycles. The minimum absolute atomic E-state index is 0. The number of hydrogen-bond donors (Lipinski definition) is 0. The number of rotatable bonds is 4. The van der Waals surface area contributed by atoms with E-state index >= 15 is 0 Å². The highest BCUT2D eigenvalue weighted by molar-refractivity contribution is 14.0. The first-order chi connectivity index (χ1) is 7.88. The van der Waals surface area contributed by atoms with Crippen molar-refractivity contribution in [3.05, 3.63) is 63.7 Å². The maximum Gasteiger partial charge on any atom is 0.318 e. The first-order valence-electron chi connectivity index (χ1n) is 5.15. The lowest BCUT2D eigenvalue weighted by atomic mass is 10.2. The van der Waals surface area contributed by atoms with Gasteiger partial charge in [0.05, 0.1) is 7.11 Å². The summed E-state index contributed by atoms with van der Waals surface area (Å²) in [6, 6.07) is 19.1. The van der Waals surface area contributed by atoms with Crippen LogP contribution in [0.1, 0.15) is 5.56 Å². The average Bonchev–Trinajstić information content (AvgIpc) is 2.38. The fraction of sp³-hybridized carbons (Fsp3) is 0.143. The summed E-state index contributed by atoms with van der Waals surface area (Å²) in [6.07, 6.45) is 0. The summed E-state index contributed by atoms with van der Waals surface area (Å²) in [6.45, 7) is 0. The molecule has 0 fully saturated rings. The van der Waals surface area contributed by atoms with Crippen molar-refractivity contribution in [1.82, 2.24) is 0 Å². The van der Waals surface area contributed by atoms with E-state index in [1.54, 1.807) is 7.11 Å². The molecule has 0 radical (unpaired) electrons. The molecule has 0 saturated carbocycles. The van der Waals surface area contributed by atoms with E-state index in [1.807, 2.05) is 12.1 Å². The van der Waals surface area contributed by atoms with Gasteiger partial charge in [0.1, 0.15) is 5.75 Å². The van der Waals surface area contributed by atoms with E-state index in [-0.39, 0.29) is 45.2 Å². The predicted molar refractivity (Wildman–Crippen MR) is 77.3 cm³/mol. The summed E-state index contributed by atoms with van der Waals surface area (Å²) in [5.74, 6) is 0.932. The third kappa shape index (κ3) is 4.83. The van der Waals surface area contributed by atoms with Crippen LogP contribution in [0.2, 0.25) is 0 Å². The van der Waals surface area contributed by atoms with Gasteiger partial charge in [-0.05, 0) is 24.3 Å². The summed E-state index contributed by atoms with van der Waals surface area (Å²) in [7, 11) is 1.70. The van der Waals surface area contributed by atoms with Gasteiger partial charge in [0.2, 0.25) is 0 Å². The molecule has 2 aromatic carbocycles. The molecular weight excluding hydrogens is 438 g/mol. The van der Waals surface area contributed by atoms with Crippen LogP contribution in [0.3, 0.4) is 0 Å². The zero-order valence-electron chi connectivity index (χ0n) is 9.60. The van der Waals surface area contributed by atoms with Crippen LogP contribution in [0.4, 0.5) is 0 Å². The molecule has 0 bridgehead atoms. The highest BCUT2D eigenvalue weighted by Crippen LogP contribution is 2.09. The van der Waals surface area contributed by atoms with Gasteiger partial charge >= 0.3 is 21.2 Å². The maximum atomic E-state index is 5.14. The highest BCUT2D eigenvalue weighted by atomic mass is 127. The van der Waals surface area contributed by atoms with Gasteiger partial charge < -0.3 is 4.74 Å². The summed E-state index contributed by atoms with van der Waals surface area (Å²) < 4.78 is 7.83. The molecule has 0 saturated heterocycles. The fourth-order valence-electron chi connectivity index (χ4n) is 1.37. The molecular formula is C14H15I2O+. The number of ether oxygens (including phenoxy) is 1. The Bertz CT molecular complexity index is 426. The van der Waals surface area contributed by atoms with Gasteiger partial charge in [-0.1, -0.05) is 30.3 Å². The Kier molecular flexibility index (Phi) is 6.87. The van der Waals surface area contributed by atoms with Crippen LogP contribution in [-0.4, -0.2) is 7.11 Å². The van der Waals surface area contributed by atoms with Gasteiger partial charge in [-0.2, -0.15) is 0 Å². The van der Waals surface area contributed by atoms with Gasteiger partial charge in [0, 0.05) is 5.56 Å². The average molecular weight is 453 g/mol. The zero-order valence-corrected chi connectivity index (χ0v) is 14.1. The van der Waals surface area contributed by atoms with Crippen LogP contribution < -0.4 is 25.9 Å². The van der Waals surface area contributed by atoms with E-state index in [0.29, 0.717) is 0 Å². The van der Waals surface area contributed by atoms with E-state index < -0.39 is 0 Å². The third-order valence-electron chi connectivity index (χ3n) is 2.27. The van der Waals surface area contributed by atoms with Crippen molar-refractivity contribution in [3.63, 3.8) is 0 Å². The summed E-state index contributed by atoms with van der Waals surface area (Å²) in [5, 5.41) is 0. The normalized spacial score (nSPS) is 9.47. The third-order valence-corrected chi connectivity index (χ3v) is 5.13. The highest BCUT2D eigenvalue weighted by Gasteiger charge is 2.11. The van der Waals surface area contributed by atoms with Gasteiger partial charge in [-0.3, -0.25) is 0 Å². The Labute approximate surface area is 130 Å². The summed E-state index contributed by atoms with van der Waals surface area (Å²) in [4.78, 5) is 0. The van der Waals surface area contributed by atoms with Crippen LogP contribution in [-0.2, 0) is 4.43 Å². The topological polar surface area (TPSA) is 9.23 Å². The van der Waals surface area contributed by atoms with E-state index in [0.717, 1.165) is 5.75 Å². The molecule has 0 heterocycles. The monoisotopic (exact) mass is 453 g/mol. The predicted octanol–water partition coefficient (Wildman–Crippen LogP) is 0.772. The maximum absolute atomic E-state index is 5.14. The second-order valence-corrected chi connectivity index (χ2v) is 6.18. The number of benzene rings is 2. The SMILES string of the molecule is COc1ccc(C[I+]c2ccccc2)cc1.I. The molecule has 0 unspecified atom stereocenters. The van der Waals surface area contributed by atoms with Gasteiger partial charge in [-0.25, -0.2) is 0 Å². The molecule has 0 aliphatic heterocycles. The number of alkyl halides is 1. The molecule has 0 spiro atoms. The molecule has 1 nitrogen and oxygen atoms in total. The van der Waals surface area contributed by atoms with Crippen molar-refractivity contribution >= 4 is 24.0 Å². The van der Waals surface area contributed by atoms with Crippen molar-refractivity contribution in [2.75, 3.05) is 7.11 Å². The Balaban J connectivity index is 0.00000144. The molecule has 0 amide bonds. The lowest BCUT2D eigenvalue weighted by molar-refractivity contribution is -0.643. The van der Waals surface area contributed by atoms with Crippen molar-refractivity contribution in [1.29, 1.82) is 0 Å². The second-order valence-electron chi connectivity index (χ2n) is 3.41. The quantitative estimate of drug-likeness (QED) is 0.492. The summed E-state index contributed by atoms with van der Waals surface area (Å²) >= 11 is 0.0929. The van der Waals surface area contributed by atoms with Crippen molar-refractivity contribution in [3.8, 4) is 5.75 Å². The minimum atomic E-state index is 0. The first-order valence-corrected chi connectivity index (χ1v) is 7.76. The number of hydrogen-bond acceptors (Lipinski definition) is 1. The largest absolute Gasteiger partial charge is 0.497 e. The molecule has 3 heteroatoms. The lowest BCUT2D eigenvalue weighted by Crippen LogP contribution is -3.61. The molecule has 0 aliphatic rings. The molecule has 0 N–H and O–H groups in total. The smallest absolute Gasteiger partial charge is 0.318 e. The molecule has 2 aromatic rings. The number of halogens is 2. The van der Waals surface area contributed by atoms with Crippen LogP contribution in [0.15, 0.2) is 54.6 Å². The first kappa shape index (κ1) is 14.8. The Hall–Kier alpha value is -0.300. The zero-order chi connectivity index (χ0) is 11.2. The second kappa shape index (κ2) is 7.92. The Morgan fingerprint density at radius 3 is 2.18 bits per heavy atom. The molecule has 90 valence electrons. The Morgan fingerprint density at radius 2 is 1.59 bits per heavy atom. The van der Waals surface area contributed by atoms with Crippen molar-refractivity contribution < 1.29 is 25.9 Å². The molecule has 0 atom stereocenters. The van der Waals surface area contributed by atoms with E-state index in [4.69, 9.17) is 4.74 Å². The molecule has 17 heavy (non-hydrogen) atoms. The lowest BCUT2D eigenvalue weighted by Gasteiger charge is -1.98. The van der Waals surface area contributed by atoms with E-state index in [2.05, 4.69) is 42.5 Å². The van der Waals surface area contributed by atoms with Crippen molar-refractivity contribution in [2.24, 2.45) is 0 Å². The van der Waals surface area contributed by atoms with E-state index in [9.17, 15) is 0 Å². The van der Waals surface area contributed by atoms with Gasteiger partial charge in [0.15, 0.2) is 8.00 Å². The van der Waals surface area contributed by atoms with Gasteiger partial charge in [0.25, 0.3) is 0 Å². The van der Waals surface area contributed by atoms with Crippen molar-refractivity contribution in [2.45, 2.75) is 4.43 Å². The van der Waals surface area contributed by atoms with Gasteiger partial charge in [-0.15, -0.1) is 24.0 Å². The van der Waals surface area contributed by atoms with Crippen LogP contribution in [0, 0.1) is 3.57 Å². The van der Waals surface area contributed by atoms with Crippen LogP contribution in [0.25, 0.3) is 0 Å². The van der Waals surface area contributed by atoms with Crippen LogP contribution in [0.5, 0.6) is 5.75 Å².